The number of anilines is 2. The molecule has 18 heteroatoms. The van der Waals surface area contributed by atoms with Gasteiger partial charge in [-0.25, -0.2) is 4.79 Å². The van der Waals surface area contributed by atoms with Crippen LogP contribution in [0, 0.1) is 0 Å². The number of Topliss-reactive ketones (excluding diaryl/α,β-unsaturated/α-hetero) is 1. The summed E-state index contributed by atoms with van der Waals surface area (Å²) < 4.78 is 75.7. The minimum absolute atomic E-state index is 0.0528. The van der Waals surface area contributed by atoms with Crippen molar-refractivity contribution in [2.75, 3.05) is 101 Å². The van der Waals surface area contributed by atoms with Crippen LogP contribution in [0.25, 0.3) is 0 Å². The maximum absolute atomic E-state index is 13.6. The molecule has 0 spiro atoms. The van der Waals surface area contributed by atoms with Crippen molar-refractivity contribution in [3.8, 4) is 0 Å². The number of carbonyl (C=O) groups is 2. The number of methoxy groups -OCH3 is 1. The lowest BCUT2D eigenvalue weighted by atomic mass is 10.1. The molecular weight excluding hydrogens is 835 g/mol. The fraction of sp³-hybridized carbons (Fsp3) is 0.409. The molecule has 0 aliphatic carbocycles. The summed E-state index contributed by atoms with van der Waals surface area (Å²) >= 11 is 0. The van der Waals surface area contributed by atoms with E-state index in [0.717, 1.165) is 37.6 Å². The quantitative estimate of drug-likeness (QED) is 0.137. The number of hydrogen-bond donors (Lipinski definition) is 1. The first-order valence-electron chi connectivity index (χ1n) is 20.8. The maximum atomic E-state index is 13.6. The Bertz CT molecular complexity index is 2140. The van der Waals surface area contributed by atoms with Crippen molar-refractivity contribution >= 4 is 43.5 Å². The van der Waals surface area contributed by atoms with Crippen molar-refractivity contribution in [2.45, 2.75) is 25.2 Å². The van der Waals surface area contributed by atoms with Gasteiger partial charge in [-0.2, -0.15) is 25.4 Å². The molecule has 0 radical (unpaired) electrons. The average molecular weight is 890 g/mol. The molecule has 16 nitrogen and oxygen atoms in total. The molecule has 4 saturated heterocycles. The van der Waals surface area contributed by atoms with Gasteiger partial charge < -0.3 is 19.9 Å². The molecule has 4 aliphatic rings. The van der Waals surface area contributed by atoms with Gasteiger partial charge in [0.2, 0.25) is 0 Å². The van der Waals surface area contributed by atoms with E-state index in [1.165, 1.54) is 15.7 Å². The van der Waals surface area contributed by atoms with Gasteiger partial charge >= 0.3 is 26.4 Å². The van der Waals surface area contributed by atoms with Crippen LogP contribution >= 0.6 is 0 Å². The van der Waals surface area contributed by atoms with Gasteiger partial charge in [-0.3, -0.25) is 23.2 Å². The monoisotopic (exact) mass is 889 g/mol. The van der Waals surface area contributed by atoms with Crippen LogP contribution in [-0.4, -0.2) is 152 Å². The summed E-state index contributed by atoms with van der Waals surface area (Å²) in [6.07, 6.45) is 0. The van der Waals surface area contributed by atoms with E-state index in [2.05, 4.69) is 9.80 Å². The van der Waals surface area contributed by atoms with Crippen LogP contribution < -0.4 is 14.3 Å². The van der Waals surface area contributed by atoms with Gasteiger partial charge in [-0.15, -0.1) is 0 Å². The zero-order chi connectivity index (χ0) is 43.7. The van der Waals surface area contributed by atoms with Gasteiger partial charge in [0.05, 0.1) is 82.2 Å². The maximum Gasteiger partial charge on any atom is 0.337 e. The highest BCUT2D eigenvalue weighted by Crippen LogP contribution is 2.27. The third-order valence-corrected chi connectivity index (χ3v) is 15.4. The van der Waals surface area contributed by atoms with E-state index in [9.17, 15) is 26.4 Å². The number of nitrogens with two attached hydrogens (primary N) is 1. The molecule has 0 amide bonds. The van der Waals surface area contributed by atoms with E-state index in [-0.39, 0.29) is 25.4 Å². The zero-order valence-corrected chi connectivity index (χ0v) is 36.5. The summed E-state index contributed by atoms with van der Waals surface area (Å²) in [5.74, 6) is -0.567. The molecule has 0 unspecified atom stereocenters. The van der Waals surface area contributed by atoms with Crippen molar-refractivity contribution in [3.05, 3.63) is 131 Å². The van der Waals surface area contributed by atoms with Gasteiger partial charge in [-0.1, -0.05) is 72.8 Å². The molecule has 62 heavy (non-hydrogen) atoms. The Morgan fingerprint density at radius 2 is 0.952 bits per heavy atom. The zero-order valence-electron chi connectivity index (χ0n) is 34.9. The highest BCUT2D eigenvalue weighted by atomic mass is 32.2. The molecule has 4 aromatic rings. The second kappa shape index (κ2) is 20.6. The molecule has 0 atom stereocenters. The number of piperazine rings is 2. The molecule has 4 heterocycles. The van der Waals surface area contributed by atoms with Crippen molar-refractivity contribution in [2.24, 2.45) is 5.73 Å². The Morgan fingerprint density at radius 3 is 1.27 bits per heavy atom. The summed E-state index contributed by atoms with van der Waals surface area (Å²) in [7, 11) is -6.12. The predicted octanol–water partition coefficient (Wildman–Crippen LogP) is 2.84. The summed E-state index contributed by atoms with van der Waals surface area (Å²) in [6.45, 7) is 7.80. The molecule has 8 rings (SSSR count). The fourth-order valence-electron chi connectivity index (χ4n) is 7.66. The SMILES string of the molecule is COC(=O)c1ccc(CN(c2ccccc2)S(=O)(=O)N2CCN(C3COC3)CC2)cc1.NCC(=O)c1ccc(CN(c2ccccc2)S(=O)(=O)N2CCN(C3COC3)CC2)cc1. The molecule has 0 aromatic heterocycles. The van der Waals surface area contributed by atoms with Gasteiger partial charge in [-0.05, 0) is 47.5 Å². The van der Waals surface area contributed by atoms with E-state index in [1.807, 2.05) is 36.4 Å². The number of carbonyl (C=O) groups excluding carboxylic acids is 2. The molecular formula is C44H55N7O9S2. The van der Waals surface area contributed by atoms with Crippen LogP contribution in [0.2, 0.25) is 0 Å². The first-order valence-corrected chi connectivity index (χ1v) is 23.6. The van der Waals surface area contributed by atoms with Gasteiger partial charge in [0, 0.05) is 57.9 Å². The van der Waals surface area contributed by atoms with E-state index < -0.39 is 26.4 Å². The van der Waals surface area contributed by atoms with E-state index in [0.29, 0.717) is 86.9 Å². The van der Waals surface area contributed by atoms with E-state index in [1.54, 1.807) is 81.4 Å². The topological polar surface area (TPSA) is 176 Å². The average Bonchev–Trinajstić information content (AvgIpc) is 3.27. The number of rotatable bonds is 15. The number of benzene rings is 4. The van der Waals surface area contributed by atoms with Gasteiger partial charge in [0.25, 0.3) is 0 Å². The Morgan fingerprint density at radius 1 is 0.581 bits per heavy atom. The second-order valence-corrected chi connectivity index (χ2v) is 19.2. The number of esters is 1. The number of nitrogens with zero attached hydrogens (tertiary/aromatic N) is 6. The minimum atomic E-state index is -3.73. The molecule has 2 N–H and O–H groups in total. The largest absolute Gasteiger partial charge is 0.465 e. The summed E-state index contributed by atoms with van der Waals surface area (Å²) in [6, 6.07) is 32.8. The van der Waals surface area contributed by atoms with E-state index >= 15 is 0 Å². The summed E-state index contributed by atoms with van der Waals surface area (Å²) in [5.41, 5.74) is 9.17. The standard InChI is InChI=1S/C22H28N4O4S.C22H27N3O5S/c23-14-22(27)19-8-6-18(7-9-19)15-26(20-4-2-1-3-5-20)31(28,29)25-12-10-24(11-13-25)21-16-30-17-21;1-29-22(26)19-9-7-18(8-10-19)15-25(20-5-3-2-4-6-20)31(27,28)24-13-11-23(12-14-24)21-16-30-17-21/h1-9,21H,10-17,23H2;2-10,21H,11-17H2,1H3. The number of ketones is 1. The Hall–Kier alpha value is -4.76. The predicted molar refractivity (Wildman–Crippen MR) is 236 cm³/mol. The van der Waals surface area contributed by atoms with Crippen molar-refractivity contribution in [3.63, 3.8) is 0 Å². The summed E-state index contributed by atoms with van der Waals surface area (Å²) in [5, 5.41) is 0. The Balaban J connectivity index is 0.000000186. The van der Waals surface area contributed by atoms with Crippen LogP contribution in [0.5, 0.6) is 0 Å². The van der Waals surface area contributed by atoms with Crippen molar-refractivity contribution in [1.29, 1.82) is 0 Å². The molecule has 0 bridgehead atoms. The number of hydrogen-bond acceptors (Lipinski definition) is 12. The molecule has 4 aliphatic heterocycles. The van der Waals surface area contributed by atoms with Crippen molar-refractivity contribution in [1.82, 2.24) is 18.4 Å². The number of para-hydroxylation sites is 2. The smallest absolute Gasteiger partial charge is 0.337 e. The van der Waals surface area contributed by atoms with Crippen LogP contribution in [0.3, 0.4) is 0 Å². The van der Waals surface area contributed by atoms with E-state index in [4.69, 9.17) is 19.9 Å². The Labute approximate surface area is 364 Å². The second-order valence-electron chi connectivity index (χ2n) is 15.5. The minimum Gasteiger partial charge on any atom is -0.465 e. The fourth-order valence-corrected chi connectivity index (χ4v) is 10.9. The highest BCUT2D eigenvalue weighted by molar-refractivity contribution is 7.90. The lowest BCUT2D eigenvalue weighted by Crippen LogP contribution is -2.59. The van der Waals surface area contributed by atoms with Crippen LogP contribution in [0.15, 0.2) is 109 Å². The lowest BCUT2D eigenvalue weighted by Gasteiger charge is -2.43. The first kappa shape index (κ1) is 45.3. The lowest BCUT2D eigenvalue weighted by molar-refractivity contribution is -0.0721. The van der Waals surface area contributed by atoms with Gasteiger partial charge in [0.1, 0.15) is 0 Å². The Kier molecular flexibility index (Phi) is 15.1. The van der Waals surface area contributed by atoms with Crippen molar-refractivity contribution < 1.29 is 40.6 Å². The molecule has 4 aromatic carbocycles. The molecule has 4 fully saturated rings. The molecule has 0 saturated carbocycles. The van der Waals surface area contributed by atoms with Gasteiger partial charge in [0.15, 0.2) is 5.78 Å². The van der Waals surface area contributed by atoms with Crippen LogP contribution in [0.4, 0.5) is 11.4 Å². The van der Waals surface area contributed by atoms with Crippen LogP contribution in [-0.2, 0) is 47.7 Å². The summed E-state index contributed by atoms with van der Waals surface area (Å²) in [4.78, 5) is 28.1. The third kappa shape index (κ3) is 10.7. The van der Waals surface area contributed by atoms with Crippen LogP contribution in [0.1, 0.15) is 31.8 Å². The third-order valence-electron chi connectivity index (χ3n) is 11.6. The highest BCUT2D eigenvalue weighted by Gasteiger charge is 2.37. The number of ether oxygens (including phenoxy) is 3. The normalized spacial score (nSPS) is 18.4. The first-order chi connectivity index (χ1) is 30.0. The molecule has 332 valence electrons.